The van der Waals surface area contributed by atoms with E-state index in [9.17, 15) is 9.59 Å². The highest BCUT2D eigenvalue weighted by molar-refractivity contribution is 7.08. The van der Waals surface area contributed by atoms with E-state index in [0.29, 0.717) is 18.0 Å². The lowest BCUT2D eigenvalue weighted by molar-refractivity contribution is -0.136. The van der Waals surface area contributed by atoms with Crippen LogP contribution in [0.3, 0.4) is 0 Å². The first-order valence-electron chi connectivity index (χ1n) is 9.67. The predicted molar refractivity (Wildman–Crippen MR) is 112 cm³/mol. The summed E-state index contributed by atoms with van der Waals surface area (Å²) in [7, 11) is 1.58. The number of hydrogen-bond donors (Lipinski definition) is 2. The van der Waals surface area contributed by atoms with Crippen LogP contribution in [0.15, 0.2) is 41.1 Å². The van der Waals surface area contributed by atoms with Crippen LogP contribution in [0, 0.1) is 0 Å². The van der Waals surface area contributed by atoms with Crippen molar-refractivity contribution < 1.29 is 14.3 Å². The normalized spacial score (nSPS) is 16.0. The van der Waals surface area contributed by atoms with E-state index in [1.165, 1.54) is 31.2 Å². The lowest BCUT2D eigenvalue weighted by Gasteiger charge is -2.30. The number of benzene rings is 1. The molecule has 1 fully saturated rings. The van der Waals surface area contributed by atoms with Gasteiger partial charge >= 0.3 is 11.8 Å². The van der Waals surface area contributed by atoms with Crippen molar-refractivity contribution in [2.75, 3.05) is 32.1 Å². The third-order valence-corrected chi connectivity index (χ3v) is 5.72. The second-order valence-corrected chi connectivity index (χ2v) is 7.70. The van der Waals surface area contributed by atoms with Crippen LogP contribution in [0.5, 0.6) is 5.75 Å². The number of carbonyl (C=O) groups is 2. The first kappa shape index (κ1) is 20.4. The Morgan fingerprint density at radius 3 is 2.39 bits per heavy atom. The van der Waals surface area contributed by atoms with Gasteiger partial charge < -0.3 is 15.4 Å². The zero-order valence-electron chi connectivity index (χ0n) is 16.1. The third-order valence-electron chi connectivity index (χ3n) is 5.02. The molecule has 0 spiro atoms. The largest absolute Gasteiger partial charge is 0.497 e. The summed E-state index contributed by atoms with van der Waals surface area (Å²) in [5, 5.41) is 9.62. The van der Waals surface area contributed by atoms with Gasteiger partial charge in [-0.2, -0.15) is 11.3 Å². The van der Waals surface area contributed by atoms with Gasteiger partial charge in [0, 0.05) is 12.2 Å². The summed E-state index contributed by atoms with van der Waals surface area (Å²) in [5.74, 6) is -0.588. The summed E-state index contributed by atoms with van der Waals surface area (Å²) in [4.78, 5) is 27.0. The summed E-state index contributed by atoms with van der Waals surface area (Å²) in [6.07, 6.45) is 4.85. The van der Waals surface area contributed by atoms with Crippen molar-refractivity contribution in [3.8, 4) is 5.75 Å². The van der Waals surface area contributed by atoms with Crippen molar-refractivity contribution in [3.05, 3.63) is 46.7 Å². The first-order chi connectivity index (χ1) is 13.7. The number of ether oxygens (including phenoxy) is 1. The number of nitrogens with one attached hydrogen (secondary N) is 2. The second-order valence-electron chi connectivity index (χ2n) is 6.92. The molecule has 2 N–H and O–H groups in total. The van der Waals surface area contributed by atoms with Gasteiger partial charge in [0.1, 0.15) is 5.75 Å². The molecule has 1 atom stereocenters. The van der Waals surface area contributed by atoms with Gasteiger partial charge in [-0.3, -0.25) is 14.5 Å². The number of carbonyl (C=O) groups excluding carboxylic acids is 2. The molecule has 1 saturated heterocycles. The Labute approximate surface area is 169 Å². The number of amides is 2. The fourth-order valence-electron chi connectivity index (χ4n) is 3.46. The average Bonchev–Trinajstić information content (AvgIpc) is 3.11. The minimum absolute atomic E-state index is 0.0992. The van der Waals surface area contributed by atoms with Crippen molar-refractivity contribution in [1.29, 1.82) is 0 Å². The lowest BCUT2D eigenvalue weighted by Crippen LogP contribution is -2.42. The number of hydrogen-bond acceptors (Lipinski definition) is 5. The van der Waals surface area contributed by atoms with E-state index in [-0.39, 0.29) is 6.04 Å². The fraction of sp³-hybridized carbons (Fsp3) is 0.429. The van der Waals surface area contributed by atoms with Gasteiger partial charge in [-0.25, -0.2) is 0 Å². The van der Waals surface area contributed by atoms with Gasteiger partial charge in [0.25, 0.3) is 0 Å². The Morgan fingerprint density at radius 2 is 1.79 bits per heavy atom. The Kier molecular flexibility index (Phi) is 7.45. The minimum Gasteiger partial charge on any atom is -0.497 e. The molecule has 1 aliphatic rings. The van der Waals surface area contributed by atoms with Crippen LogP contribution >= 0.6 is 11.3 Å². The Morgan fingerprint density at radius 1 is 1.07 bits per heavy atom. The molecule has 7 heteroatoms. The summed E-state index contributed by atoms with van der Waals surface area (Å²) in [5.41, 5.74) is 1.76. The lowest BCUT2D eigenvalue weighted by atomic mass is 10.1. The van der Waals surface area contributed by atoms with Crippen LogP contribution < -0.4 is 15.4 Å². The van der Waals surface area contributed by atoms with Crippen molar-refractivity contribution in [1.82, 2.24) is 10.2 Å². The van der Waals surface area contributed by atoms with Crippen LogP contribution in [-0.4, -0.2) is 43.5 Å². The predicted octanol–water partition coefficient (Wildman–Crippen LogP) is 3.43. The van der Waals surface area contributed by atoms with Gasteiger partial charge in [0.15, 0.2) is 0 Å². The molecule has 1 aliphatic heterocycles. The standard InChI is InChI=1S/C21H27N3O3S/c1-27-18-8-6-17(7-9-18)23-21(26)20(25)22-14-19(16-10-13-28-15-16)24-11-4-2-3-5-12-24/h6-10,13,15,19H,2-5,11-12,14H2,1H3,(H,22,25)(H,23,26)/t19-/m0/s1. The SMILES string of the molecule is COc1ccc(NC(=O)C(=O)NC[C@@H](c2ccsc2)N2CCCCCC2)cc1. The van der Waals surface area contributed by atoms with Gasteiger partial charge in [0.05, 0.1) is 13.2 Å². The van der Waals surface area contributed by atoms with E-state index in [4.69, 9.17) is 4.74 Å². The van der Waals surface area contributed by atoms with E-state index >= 15 is 0 Å². The van der Waals surface area contributed by atoms with Crippen molar-refractivity contribution >= 4 is 28.8 Å². The van der Waals surface area contributed by atoms with E-state index in [1.807, 2.05) is 0 Å². The van der Waals surface area contributed by atoms with E-state index < -0.39 is 11.8 Å². The molecule has 1 aromatic carbocycles. The van der Waals surface area contributed by atoms with E-state index in [1.54, 1.807) is 42.7 Å². The summed E-state index contributed by atoms with van der Waals surface area (Å²) in [6, 6.07) is 9.08. The molecule has 1 aromatic heterocycles. The van der Waals surface area contributed by atoms with Gasteiger partial charge in [-0.15, -0.1) is 0 Å². The molecule has 0 radical (unpaired) electrons. The molecule has 28 heavy (non-hydrogen) atoms. The average molecular weight is 402 g/mol. The molecule has 6 nitrogen and oxygen atoms in total. The zero-order valence-corrected chi connectivity index (χ0v) is 17.0. The van der Waals surface area contributed by atoms with E-state index in [2.05, 4.69) is 32.4 Å². The minimum atomic E-state index is -0.662. The summed E-state index contributed by atoms with van der Waals surface area (Å²) in [6.45, 7) is 2.47. The topological polar surface area (TPSA) is 70.7 Å². The van der Waals surface area contributed by atoms with Gasteiger partial charge in [0.2, 0.25) is 0 Å². The molecular weight excluding hydrogens is 374 g/mol. The van der Waals surface area contributed by atoms with Gasteiger partial charge in [-0.05, 0) is 72.6 Å². The molecule has 3 rings (SSSR count). The number of thiophene rings is 1. The maximum atomic E-state index is 12.3. The van der Waals surface area contributed by atoms with Crippen LogP contribution in [0.2, 0.25) is 0 Å². The summed E-state index contributed by atoms with van der Waals surface area (Å²) < 4.78 is 5.09. The van der Waals surface area contributed by atoms with Gasteiger partial charge in [-0.1, -0.05) is 12.8 Å². The third kappa shape index (κ3) is 5.56. The highest BCUT2D eigenvalue weighted by Crippen LogP contribution is 2.25. The maximum Gasteiger partial charge on any atom is 0.313 e. The zero-order chi connectivity index (χ0) is 19.8. The molecule has 2 amide bonds. The highest BCUT2D eigenvalue weighted by Gasteiger charge is 2.24. The van der Waals surface area contributed by atoms with Crippen LogP contribution in [0.25, 0.3) is 0 Å². The number of likely N-dealkylation sites (tertiary alicyclic amines) is 1. The van der Waals surface area contributed by atoms with E-state index in [0.717, 1.165) is 13.1 Å². The van der Waals surface area contributed by atoms with Crippen molar-refractivity contribution in [3.63, 3.8) is 0 Å². The first-order valence-corrected chi connectivity index (χ1v) is 10.6. The Balaban J connectivity index is 1.58. The Bertz CT molecular complexity index is 754. The molecular formula is C21H27N3O3S. The molecule has 2 heterocycles. The van der Waals surface area contributed by atoms with Crippen molar-refractivity contribution in [2.45, 2.75) is 31.7 Å². The number of anilines is 1. The highest BCUT2D eigenvalue weighted by atomic mass is 32.1. The van der Waals surface area contributed by atoms with Crippen molar-refractivity contribution in [2.24, 2.45) is 0 Å². The molecule has 0 unspecified atom stereocenters. The molecule has 0 saturated carbocycles. The van der Waals surface area contributed by atoms with Crippen LogP contribution in [0.1, 0.15) is 37.3 Å². The number of methoxy groups -OCH3 is 1. The molecule has 0 bridgehead atoms. The fourth-order valence-corrected chi connectivity index (χ4v) is 4.17. The molecule has 150 valence electrons. The number of rotatable bonds is 6. The monoisotopic (exact) mass is 401 g/mol. The van der Waals surface area contributed by atoms with Crippen LogP contribution in [-0.2, 0) is 9.59 Å². The summed E-state index contributed by atoms with van der Waals surface area (Å²) >= 11 is 1.65. The molecule has 0 aliphatic carbocycles. The quantitative estimate of drug-likeness (QED) is 0.728. The molecule has 2 aromatic rings. The van der Waals surface area contributed by atoms with Crippen LogP contribution in [0.4, 0.5) is 5.69 Å². The second kappa shape index (κ2) is 10.2. The Hall–Kier alpha value is -2.38. The number of nitrogens with zero attached hydrogens (tertiary/aromatic N) is 1. The smallest absolute Gasteiger partial charge is 0.313 e. The maximum absolute atomic E-state index is 12.3.